The molecule has 1 aromatic carbocycles. The molecule has 0 saturated carbocycles. The van der Waals surface area contributed by atoms with E-state index in [2.05, 4.69) is 34.7 Å². The van der Waals surface area contributed by atoms with E-state index < -0.39 is 0 Å². The van der Waals surface area contributed by atoms with Crippen molar-refractivity contribution in [1.29, 1.82) is 0 Å². The van der Waals surface area contributed by atoms with Crippen molar-refractivity contribution < 1.29 is 14.1 Å². The summed E-state index contributed by atoms with van der Waals surface area (Å²) in [6, 6.07) is 10.6. The first-order valence-electron chi connectivity index (χ1n) is 9.34. The molecule has 2 amide bonds. The Morgan fingerprint density at radius 1 is 1.35 bits per heavy atom. The van der Waals surface area contributed by atoms with Crippen LogP contribution in [0.3, 0.4) is 0 Å². The second kappa shape index (κ2) is 7.11. The van der Waals surface area contributed by atoms with Crippen LogP contribution in [-0.4, -0.2) is 41.9 Å². The van der Waals surface area contributed by atoms with Gasteiger partial charge >= 0.3 is 6.03 Å². The third-order valence-corrected chi connectivity index (χ3v) is 5.65. The first-order chi connectivity index (χ1) is 12.7. The minimum Gasteiger partial charge on any atom is -0.381 e. The summed E-state index contributed by atoms with van der Waals surface area (Å²) in [6.45, 7) is 5.97. The number of carbonyl (C=O) groups is 1. The number of urea groups is 1. The van der Waals surface area contributed by atoms with Crippen molar-refractivity contribution in [3.63, 3.8) is 0 Å². The van der Waals surface area contributed by atoms with Crippen molar-refractivity contribution >= 4 is 11.7 Å². The van der Waals surface area contributed by atoms with Crippen LogP contribution in [0.4, 0.5) is 10.5 Å². The number of hydrogen-bond donors (Lipinski definition) is 1. The van der Waals surface area contributed by atoms with E-state index in [9.17, 15) is 4.79 Å². The Bertz CT molecular complexity index is 774. The molecule has 2 fully saturated rings. The van der Waals surface area contributed by atoms with Crippen molar-refractivity contribution in [2.45, 2.75) is 38.6 Å². The number of carbonyl (C=O) groups excluding carboxylic acids is 1. The van der Waals surface area contributed by atoms with Gasteiger partial charge in [0.15, 0.2) is 5.76 Å². The van der Waals surface area contributed by atoms with Crippen LogP contribution in [0.5, 0.6) is 0 Å². The van der Waals surface area contributed by atoms with Crippen molar-refractivity contribution in [2.24, 2.45) is 5.92 Å². The number of ether oxygens (including phenoxy) is 1. The molecule has 2 aliphatic rings. The Morgan fingerprint density at radius 2 is 2.15 bits per heavy atom. The highest BCUT2D eigenvalue weighted by Gasteiger charge is 2.46. The predicted octanol–water partition coefficient (Wildman–Crippen LogP) is 3.58. The van der Waals surface area contributed by atoms with E-state index in [0.29, 0.717) is 43.7 Å². The van der Waals surface area contributed by atoms with Gasteiger partial charge in [0.05, 0.1) is 6.61 Å². The third kappa shape index (κ3) is 2.98. The van der Waals surface area contributed by atoms with Crippen LogP contribution >= 0.6 is 0 Å². The lowest BCUT2D eigenvalue weighted by atomic mass is 9.84. The van der Waals surface area contributed by atoms with Gasteiger partial charge in [-0.15, -0.1) is 0 Å². The Hall–Kier alpha value is -2.34. The van der Waals surface area contributed by atoms with E-state index in [1.54, 1.807) is 0 Å². The Morgan fingerprint density at radius 3 is 2.92 bits per heavy atom. The summed E-state index contributed by atoms with van der Waals surface area (Å²) < 4.78 is 11.0. The molecule has 138 valence electrons. The van der Waals surface area contributed by atoms with Gasteiger partial charge in [-0.2, -0.15) is 0 Å². The van der Waals surface area contributed by atoms with Crippen LogP contribution in [0.25, 0.3) is 0 Å². The van der Waals surface area contributed by atoms with Gasteiger partial charge in [-0.25, -0.2) is 4.79 Å². The molecule has 1 N–H and O–H groups in total. The highest BCUT2D eigenvalue weighted by atomic mass is 16.5. The van der Waals surface area contributed by atoms with Crippen molar-refractivity contribution in [3.05, 3.63) is 47.3 Å². The zero-order valence-electron chi connectivity index (χ0n) is 15.3. The molecule has 0 aliphatic carbocycles. The number of anilines is 1. The maximum atomic E-state index is 13.1. The van der Waals surface area contributed by atoms with Gasteiger partial charge in [0.25, 0.3) is 0 Å². The van der Waals surface area contributed by atoms with Gasteiger partial charge in [0, 0.05) is 37.5 Å². The number of benzene rings is 1. The molecule has 2 aliphatic heterocycles. The normalized spacial score (nSPS) is 25.2. The van der Waals surface area contributed by atoms with Crippen LogP contribution in [0.2, 0.25) is 0 Å². The molecular formula is C20H25N3O3. The number of amides is 2. The SMILES string of the molecule is CCc1onc(C)c1NC(=O)N1CC(c2ccccc2)C2COCCC21. The van der Waals surface area contributed by atoms with Gasteiger partial charge in [0.2, 0.25) is 0 Å². The topological polar surface area (TPSA) is 67.6 Å². The Labute approximate surface area is 153 Å². The highest BCUT2D eigenvalue weighted by Crippen LogP contribution is 2.41. The van der Waals surface area contributed by atoms with E-state index in [-0.39, 0.29) is 12.1 Å². The number of hydrogen-bond acceptors (Lipinski definition) is 4. The maximum absolute atomic E-state index is 13.1. The molecule has 3 heterocycles. The molecule has 3 unspecified atom stereocenters. The molecule has 6 nitrogen and oxygen atoms in total. The molecule has 1 aromatic heterocycles. The average molecular weight is 355 g/mol. The summed E-state index contributed by atoms with van der Waals surface area (Å²) in [5.41, 5.74) is 2.71. The molecule has 2 aromatic rings. The zero-order valence-corrected chi connectivity index (χ0v) is 15.3. The summed E-state index contributed by atoms with van der Waals surface area (Å²) >= 11 is 0. The Kier molecular flexibility index (Phi) is 4.68. The fourth-order valence-corrected chi connectivity index (χ4v) is 4.29. The molecular weight excluding hydrogens is 330 g/mol. The largest absolute Gasteiger partial charge is 0.381 e. The second-order valence-electron chi connectivity index (χ2n) is 7.11. The van der Waals surface area contributed by atoms with E-state index in [4.69, 9.17) is 9.26 Å². The van der Waals surface area contributed by atoms with Crippen LogP contribution in [-0.2, 0) is 11.2 Å². The summed E-state index contributed by atoms with van der Waals surface area (Å²) in [6.07, 6.45) is 1.58. The summed E-state index contributed by atoms with van der Waals surface area (Å²) in [4.78, 5) is 15.1. The lowest BCUT2D eigenvalue weighted by molar-refractivity contribution is 0.0272. The second-order valence-corrected chi connectivity index (χ2v) is 7.11. The number of fused-ring (bicyclic) bond motifs is 1. The quantitative estimate of drug-likeness (QED) is 0.914. The summed E-state index contributed by atoms with van der Waals surface area (Å²) in [5, 5.41) is 7.03. The number of aryl methyl sites for hydroxylation is 2. The number of nitrogens with zero attached hydrogens (tertiary/aromatic N) is 2. The molecule has 3 atom stereocenters. The number of rotatable bonds is 3. The summed E-state index contributed by atoms with van der Waals surface area (Å²) in [5.74, 6) is 1.37. The third-order valence-electron chi connectivity index (χ3n) is 5.65. The van der Waals surface area contributed by atoms with Crippen LogP contribution in [0.15, 0.2) is 34.9 Å². The molecule has 4 rings (SSSR count). The smallest absolute Gasteiger partial charge is 0.322 e. The number of likely N-dealkylation sites (tertiary alicyclic amines) is 1. The first kappa shape index (κ1) is 17.1. The lowest BCUT2D eigenvalue weighted by Crippen LogP contribution is -2.44. The molecule has 26 heavy (non-hydrogen) atoms. The van der Waals surface area contributed by atoms with Gasteiger partial charge in [-0.1, -0.05) is 42.4 Å². The predicted molar refractivity (Wildman–Crippen MR) is 98.2 cm³/mol. The minimum atomic E-state index is -0.0682. The van der Waals surface area contributed by atoms with Crippen LogP contribution in [0.1, 0.15) is 36.3 Å². The standard InChI is InChI=1S/C20H25N3O3/c1-3-18-19(13(2)22-26-18)21-20(24)23-11-15(14-7-5-4-6-8-14)16-12-25-10-9-17(16)23/h4-8,15-17H,3,9-12H2,1-2H3,(H,21,24). The fourth-order valence-electron chi connectivity index (χ4n) is 4.29. The Balaban J connectivity index is 1.57. The zero-order chi connectivity index (χ0) is 18.1. The van der Waals surface area contributed by atoms with Crippen molar-refractivity contribution in [2.75, 3.05) is 25.1 Å². The van der Waals surface area contributed by atoms with E-state index in [1.165, 1.54) is 5.56 Å². The molecule has 6 heteroatoms. The average Bonchev–Trinajstić information content (AvgIpc) is 3.23. The van der Waals surface area contributed by atoms with Gasteiger partial charge in [-0.05, 0) is 18.9 Å². The van der Waals surface area contributed by atoms with E-state index in [0.717, 1.165) is 17.9 Å². The van der Waals surface area contributed by atoms with Crippen molar-refractivity contribution in [1.82, 2.24) is 10.1 Å². The first-order valence-corrected chi connectivity index (χ1v) is 9.34. The van der Waals surface area contributed by atoms with E-state index in [1.807, 2.05) is 24.8 Å². The summed E-state index contributed by atoms with van der Waals surface area (Å²) in [7, 11) is 0. The van der Waals surface area contributed by atoms with Gasteiger partial charge in [-0.3, -0.25) is 0 Å². The molecule has 0 bridgehead atoms. The maximum Gasteiger partial charge on any atom is 0.322 e. The molecule has 0 spiro atoms. The van der Waals surface area contributed by atoms with Crippen LogP contribution in [0, 0.1) is 12.8 Å². The van der Waals surface area contributed by atoms with E-state index >= 15 is 0 Å². The number of nitrogens with one attached hydrogen (secondary N) is 1. The van der Waals surface area contributed by atoms with Crippen LogP contribution < -0.4 is 5.32 Å². The number of aromatic nitrogens is 1. The monoisotopic (exact) mass is 355 g/mol. The highest BCUT2D eigenvalue weighted by molar-refractivity contribution is 5.91. The molecule has 0 radical (unpaired) electrons. The fraction of sp³-hybridized carbons (Fsp3) is 0.500. The van der Waals surface area contributed by atoms with Gasteiger partial charge < -0.3 is 19.5 Å². The van der Waals surface area contributed by atoms with Gasteiger partial charge in [0.1, 0.15) is 11.4 Å². The molecule has 2 saturated heterocycles. The minimum absolute atomic E-state index is 0.0682. The van der Waals surface area contributed by atoms with Crippen molar-refractivity contribution in [3.8, 4) is 0 Å². The lowest BCUT2D eigenvalue weighted by Gasteiger charge is -2.32.